The molecule has 1 aliphatic heterocycles. The van der Waals surface area contributed by atoms with Crippen LogP contribution in [0, 0.1) is 0 Å². The molecule has 0 bridgehead atoms. The van der Waals surface area contributed by atoms with E-state index in [4.69, 9.17) is 14.2 Å². The summed E-state index contributed by atoms with van der Waals surface area (Å²) in [4.78, 5) is 35.2. The van der Waals surface area contributed by atoms with E-state index in [0.717, 1.165) is 28.4 Å². The molecule has 0 unspecified atom stereocenters. The van der Waals surface area contributed by atoms with Crippen molar-refractivity contribution >= 4 is 28.9 Å². The third-order valence-electron chi connectivity index (χ3n) is 4.71. The summed E-state index contributed by atoms with van der Waals surface area (Å²) in [6.45, 7) is 2.79. The Kier molecular flexibility index (Phi) is 7.08. The molecule has 0 saturated carbocycles. The van der Waals surface area contributed by atoms with Crippen molar-refractivity contribution in [1.29, 1.82) is 0 Å². The number of ether oxygens (including phenoxy) is 3. The Labute approximate surface area is 189 Å². The maximum atomic E-state index is 12.5. The summed E-state index contributed by atoms with van der Waals surface area (Å²) in [6, 6.07) is 11.2. The van der Waals surface area contributed by atoms with Crippen LogP contribution in [-0.2, 0) is 19.1 Å². The molecule has 1 aliphatic rings. The van der Waals surface area contributed by atoms with E-state index in [1.54, 1.807) is 18.3 Å². The van der Waals surface area contributed by atoms with Gasteiger partial charge in [0.2, 0.25) is 0 Å². The Morgan fingerprint density at radius 2 is 2.09 bits per heavy atom. The summed E-state index contributed by atoms with van der Waals surface area (Å²) in [5.74, 6) is -0.267. The molecule has 32 heavy (non-hydrogen) atoms. The van der Waals surface area contributed by atoms with Gasteiger partial charge in [0.25, 0.3) is 5.91 Å². The first-order chi connectivity index (χ1) is 15.7. The number of anilines is 1. The van der Waals surface area contributed by atoms with Gasteiger partial charge in [-0.2, -0.15) is 0 Å². The maximum Gasteiger partial charge on any atom is 0.326 e. The Morgan fingerprint density at radius 3 is 2.91 bits per heavy atom. The highest BCUT2D eigenvalue weighted by molar-refractivity contribution is 7.13. The fourth-order valence-corrected chi connectivity index (χ4v) is 3.99. The fourth-order valence-electron chi connectivity index (χ4n) is 3.18. The number of nitrogens with zero attached hydrogens (tertiary/aromatic N) is 3. The zero-order valence-electron chi connectivity index (χ0n) is 17.7. The Balaban J connectivity index is 1.50. The molecule has 0 N–H and O–H groups in total. The predicted octanol–water partition coefficient (Wildman–Crippen LogP) is 3.57. The lowest BCUT2D eigenvalue weighted by atomic mass is 10.1. The van der Waals surface area contributed by atoms with Gasteiger partial charge in [-0.1, -0.05) is 13.0 Å². The van der Waals surface area contributed by atoms with Crippen molar-refractivity contribution in [2.45, 2.75) is 13.3 Å². The molecule has 3 aromatic rings. The highest BCUT2D eigenvalue weighted by Crippen LogP contribution is 2.37. The molecule has 3 heterocycles. The van der Waals surface area contributed by atoms with Gasteiger partial charge in [0.1, 0.15) is 23.9 Å². The largest absolute Gasteiger partial charge is 0.482 e. The molecule has 9 heteroatoms. The summed E-state index contributed by atoms with van der Waals surface area (Å²) in [5.41, 5.74) is 2.89. The van der Waals surface area contributed by atoms with Gasteiger partial charge in [-0.25, -0.2) is 4.98 Å². The number of benzene rings is 1. The highest BCUT2D eigenvalue weighted by atomic mass is 32.1. The second-order valence-electron chi connectivity index (χ2n) is 7.04. The molecule has 1 amide bonds. The number of pyridine rings is 1. The fraction of sp³-hybridized carbons (Fsp3) is 0.304. The minimum absolute atomic E-state index is 0.125. The van der Waals surface area contributed by atoms with E-state index in [0.29, 0.717) is 24.7 Å². The molecule has 0 atom stereocenters. The normalized spacial score (nSPS) is 12.9. The first kappa shape index (κ1) is 21.9. The van der Waals surface area contributed by atoms with Crippen molar-refractivity contribution in [3.8, 4) is 27.7 Å². The van der Waals surface area contributed by atoms with E-state index < -0.39 is 5.97 Å². The minimum Gasteiger partial charge on any atom is -0.482 e. The molecular formula is C23H23N3O5S. The molecule has 0 fully saturated rings. The van der Waals surface area contributed by atoms with E-state index in [9.17, 15) is 9.59 Å². The second-order valence-corrected chi connectivity index (χ2v) is 7.89. The third-order valence-corrected chi connectivity index (χ3v) is 5.58. The number of hydrogen-bond acceptors (Lipinski definition) is 8. The maximum absolute atomic E-state index is 12.5. The highest BCUT2D eigenvalue weighted by Gasteiger charge is 2.28. The Bertz CT molecular complexity index is 1090. The SMILES string of the molecule is CCCOCCOC(=O)CN1C(=O)COc2ccc(-c3csc(-c4ccccn4)n3)cc21. The summed E-state index contributed by atoms with van der Waals surface area (Å²) in [5, 5.41) is 2.74. The molecule has 0 saturated heterocycles. The number of rotatable bonds is 9. The van der Waals surface area contributed by atoms with Crippen molar-refractivity contribution in [2.24, 2.45) is 0 Å². The van der Waals surface area contributed by atoms with E-state index in [1.807, 2.05) is 36.6 Å². The molecule has 8 nitrogen and oxygen atoms in total. The average Bonchev–Trinajstić information content (AvgIpc) is 3.31. The van der Waals surface area contributed by atoms with Gasteiger partial charge in [-0.05, 0) is 36.8 Å². The molecule has 166 valence electrons. The van der Waals surface area contributed by atoms with Crippen LogP contribution in [0.5, 0.6) is 5.75 Å². The van der Waals surface area contributed by atoms with Crippen molar-refractivity contribution in [1.82, 2.24) is 9.97 Å². The number of hydrogen-bond donors (Lipinski definition) is 0. The standard InChI is InChI=1S/C23H23N3O5S/c1-2-9-29-10-11-30-22(28)13-26-19-12-16(6-7-20(19)31-14-21(26)27)18-15-32-23(25-18)17-5-3-4-8-24-17/h3-8,12,15H,2,9-11,13-14H2,1H3. The van der Waals surface area contributed by atoms with Crippen LogP contribution in [0.2, 0.25) is 0 Å². The molecule has 0 aliphatic carbocycles. The van der Waals surface area contributed by atoms with E-state index in [-0.39, 0.29) is 25.7 Å². The topological polar surface area (TPSA) is 90.9 Å². The number of esters is 1. The van der Waals surface area contributed by atoms with Crippen LogP contribution >= 0.6 is 11.3 Å². The van der Waals surface area contributed by atoms with Crippen molar-refractivity contribution in [2.75, 3.05) is 37.9 Å². The summed E-state index contributed by atoms with van der Waals surface area (Å²) >= 11 is 1.49. The average molecular weight is 454 g/mol. The number of thiazole rings is 1. The van der Waals surface area contributed by atoms with Gasteiger partial charge in [-0.15, -0.1) is 11.3 Å². The zero-order chi connectivity index (χ0) is 22.3. The molecule has 4 rings (SSSR count). The zero-order valence-corrected chi connectivity index (χ0v) is 18.5. The summed E-state index contributed by atoms with van der Waals surface area (Å²) < 4.78 is 16.1. The van der Waals surface area contributed by atoms with Crippen LogP contribution in [0.4, 0.5) is 5.69 Å². The first-order valence-corrected chi connectivity index (χ1v) is 11.2. The van der Waals surface area contributed by atoms with Gasteiger partial charge in [0, 0.05) is 23.7 Å². The Hall–Kier alpha value is -3.30. The number of fused-ring (bicyclic) bond motifs is 1. The number of amides is 1. The predicted molar refractivity (Wildman–Crippen MR) is 121 cm³/mol. The van der Waals surface area contributed by atoms with Crippen LogP contribution in [0.25, 0.3) is 22.0 Å². The molecule has 2 aromatic heterocycles. The molecule has 1 aromatic carbocycles. The van der Waals surface area contributed by atoms with Gasteiger partial charge >= 0.3 is 5.97 Å². The Morgan fingerprint density at radius 1 is 1.19 bits per heavy atom. The summed E-state index contributed by atoms with van der Waals surface area (Å²) in [6.07, 6.45) is 2.63. The van der Waals surface area contributed by atoms with E-state index in [2.05, 4.69) is 9.97 Å². The molecular weight excluding hydrogens is 430 g/mol. The van der Waals surface area contributed by atoms with Crippen LogP contribution in [-0.4, -0.2) is 54.8 Å². The van der Waals surface area contributed by atoms with Gasteiger partial charge in [0.15, 0.2) is 6.61 Å². The van der Waals surface area contributed by atoms with Crippen LogP contribution in [0.15, 0.2) is 48.0 Å². The number of carbonyl (C=O) groups is 2. The van der Waals surface area contributed by atoms with Gasteiger partial charge in [0.05, 0.1) is 23.7 Å². The van der Waals surface area contributed by atoms with Crippen molar-refractivity contribution < 1.29 is 23.8 Å². The monoisotopic (exact) mass is 453 g/mol. The van der Waals surface area contributed by atoms with Gasteiger partial charge in [-0.3, -0.25) is 19.5 Å². The van der Waals surface area contributed by atoms with Crippen molar-refractivity contribution in [3.63, 3.8) is 0 Å². The van der Waals surface area contributed by atoms with E-state index in [1.165, 1.54) is 16.2 Å². The van der Waals surface area contributed by atoms with Crippen LogP contribution < -0.4 is 9.64 Å². The number of carbonyl (C=O) groups excluding carboxylic acids is 2. The third kappa shape index (κ3) is 5.12. The molecule has 0 spiro atoms. The lowest BCUT2D eigenvalue weighted by molar-refractivity contribution is -0.144. The lowest BCUT2D eigenvalue weighted by Gasteiger charge is -2.29. The summed E-state index contributed by atoms with van der Waals surface area (Å²) in [7, 11) is 0. The van der Waals surface area contributed by atoms with Crippen LogP contribution in [0.1, 0.15) is 13.3 Å². The second kappa shape index (κ2) is 10.3. The van der Waals surface area contributed by atoms with Gasteiger partial charge < -0.3 is 14.2 Å². The van der Waals surface area contributed by atoms with Crippen molar-refractivity contribution in [3.05, 3.63) is 48.0 Å². The lowest BCUT2D eigenvalue weighted by Crippen LogP contribution is -2.42. The van der Waals surface area contributed by atoms with E-state index >= 15 is 0 Å². The molecule has 0 radical (unpaired) electrons. The van der Waals surface area contributed by atoms with Crippen LogP contribution in [0.3, 0.4) is 0 Å². The quantitative estimate of drug-likeness (QED) is 0.361. The number of aromatic nitrogens is 2. The smallest absolute Gasteiger partial charge is 0.326 e. The minimum atomic E-state index is -0.497. The first-order valence-electron chi connectivity index (χ1n) is 10.3.